The first-order chi connectivity index (χ1) is 9.68. The smallest absolute Gasteiger partial charge is 0.226 e. The summed E-state index contributed by atoms with van der Waals surface area (Å²) in [6.45, 7) is 7.43. The predicted molar refractivity (Wildman–Crippen MR) is 83.6 cm³/mol. The second-order valence-corrected chi connectivity index (χ2v) is 7.01. The van der Waals surface area contributed by atoms with Gasteiger partial charge in [-0.05, 0) is 50.6 Å². The summed E-state index contributed by atoms with van der Waals surface area (Å²) >= 11 is 0. The lowest BCUT2D eigenvalue weighted by Crippen LogP contribution is -2.49. The first-order valence-corrected chi connectivity index (χ1v) is 8.67. The van der Waals surface area contributed by atoms with Crippen molar-refractivity contribution in [2.24, 2.45) is 17.3 Å². The quantitative estimate of drug-likeness (QED) is 0.812. The summed E-state index contributed by atoms with van der Waals surface area (Å²) in [6.07, 6.45) is 9.51. The zero-order valence-electron chi connectivity index (χ0n) is 13.3. The Balaban J connectivity index is 1.87. The number of carbonyl (C=O) groups is 1. The van der Waals surface area contributed by atoms with E-state index >= 15 is 0 Å². The van der Waals surface area contributed by atoms with Crippen molar-refractivity contribution in [3.63, 3.8) is 0 Å². The van der Waals surface area contributed by atoms with Gasteiger partial charge in [-0.25, -0.2) is 0 Å². The molecule has 2 rings (SSSR count). The fourth-order valence-corrected chi connectivity index (χ4v) is 4.08. The van der Waals surface area contributed by atoms with Gasteiger partial charge in [0.15, 0.2) is 0 Å². The van der Waals surface area contributed by atoms with E-state index in [0.717, 1.165) is 51.2 Å². The zero-order chi connectivity index (χ0) is 14.4. The lowest BCUT2D eigenvalue weighted by Gasteiger charge is -2.37. The number of hydrogen-bond acceptors (Lipinski definition) is 2. The van der Waals surface area contributed by atoms with Crippen LogP contribution in [0.4, 0.5) is 0 Å². The standard InChI is InChI=1S/C17H32N2O/c1-3-8-17(9-11-18-12-10-17)16(20)19-13-15-7-5-4-6-14(15)2/h14-15,18H,3-13H2,1-2H3,(H,19,20). The Labute approximate surface area is 124 Å². The molecule has 1 saturated carbocycles. The normalized spacial score (nSPS) is 29.9. The number of hydrogen-bond donors (Lipinski definition) is 2. The van der Waals surface area contributed by atoms with Crippen LogP contribution in [-0.4, -0.2) is 25.5 Å². The molecule has 1 aliphatic carbocycles. The largest absolute Gasteiger partial charge is 0.355 e. The monoisotopic (exact) mass is 280 g/mol. The van der Waals surface area contributed by atoms with Gasteiger partial charge in [-0.15, -0.1) is 0 Å². The van der Waals surface area contributed by atoms with Crippen molar-refractivity contribution in [1.82, 2.24) is 10.6 Å². The third kappa shape index (κ3) is 3.75. The highest BCUT2D eigenvalue weighted by Gasteiger charge is 2.38. The molecule has 1 amide bonds. The van der Waals surface area contributed by atoms with Crippen molar-refractivity contribution in [2.75, 3.05) is 19.6 Å². The molecule has 2 unspecified atom stereocenters. The highest BCUT2D eigenvalue weighted by atomic mass is 16.2. The second kappa shape index (κ2) is 7.44. The molecule has 0 aromatic carbocycles. The van der Waals surface area contributed by atoms with Crippen LogP contribution in [0.1, 0.15) is 65.2 Å². The molecule has 1 heterocycles. The van der Waals surface area contributed by atoms with Crippen LogP contribution in [0.5, 0.6) is 0 Å². The Kier molecular flexibility index (Phi) is 5.88. The fraction of sp³-hybridized carbons (Fsp3) is 0.941. The molecule has 2 N–H and O–H groups in total. The second-order valence-electron chi connectivity index (χ2n) is 7.01. The van der Waals surface area contributed by atoms with Crippen LogP contribution in [0.3, 0.4) is 0 Å². The van der Waals surface area contributed by atoms with Crippen LogP contribution in [0.2, 0.25) is 0 Å². The van der Waals surface area contributed by atoms with E-state index in [1.807, 2.05) is 0 Å². The number of amides is 1. The van der Waals surface area contributed by atoms with Crippen molar-refractivity contribution in [3.8, 4) is 0 Å². The third-order valence-electron chi connectivity index (χ3n) is 5.58. The predicted octanol–water partition coefficient (Wildman–Crippen LogP) is 3.10. The Morgan fingerprint density at radius 2 is 1.95 bits per heavy atom. The van der Waals surface area contributed by atoms with E-state index in [9.17, 15) is 4.79 Å². The van der Waals surface area contributed by atoms with Gasteiger partial charge >= 0.3 is 0 Å². The molecule has 116 valence electrons. The molecular weight excluding hydrogens is 248 g/mol. The van der Waals surface area contributed by atoms with Gasteiger partial charge in [0.05, 0.1) is 5.41 Å². The average molecular weight is 280 g/mol. The molecule has 0 radical (unpaired) electrons. The molecule has 0 aromatic heterocycles. The highest BCUT2D eigenvalue weighted by Crippen LogP contribution is 2.35. The van der Waals surface area contributed by atoms with Crippen molar-refractivity contribution >= 4 is 5.91 Å². The van der Waals surface area contributed by atoms with Crippen LogP contribution in [0.15, 0.2) is 0 Å². The molecule has 0 aromatic rings. The maximum atomic E-state index is 12.7. The summed E-state index contributed by atoms with van der Waals surface area (Å²) in [5.41, 5.74) is -0.0854. The highest BCUT2D eigenvalue weighted by molar-refractivity contribution is 5.82. The number of nitrogens with one attached hydrogen (secondary N) is 2. The van der Waals surface area contributed by atoms with E-state index in [4.69, 9.17) is 0 Å². The Morgan fingerprint density at radius 1 is 1.25 bits per heavy atom. The van der Waals surface area contributed by atoms with Gasteiger partial charge in [0.1, 0.15) is 0 Å². The lowest BCUT2D eigenvalue weighted by atomic mass is 9.74. The molecule has 3 heteroatoms. The molecule has 2 fully saturated rings. The maximum absolute atomic E-state index is 12.7. The molecule has 2 aliphatic rings. The van der Waals surface area contributed by atoms with Crippen LogP contribution in [0, 0.1) is 17.3 Å². The first kappa shape index (κ1) is 15.8. The van der Waals surface area contributed by atoms with E-state index in [2.05, 4.69) is 24.5 Å². The van der Waals surface area contributed by atoms with Crippen molar-refractivity contribution in [2.45, 2.75) is 65.2 Å². The Hall–Kier alpha value is -0.570. The minimum absolute atomic E-state index is 0.0854. The van der Waals surface area contributed by atoms with E-state index in [0.29, 0.717) is 11.8 Å². The van der Waals surface area contributed by atoms with Crippen molar-refractivity contribution in [1.29, 1.82) is 0 Å². The van der Waals surface area contributed by atoms with Gasteiger partial charge in [-0.1, -0.05) is 39.5 Å². The molecule has 2 atom stereocenters. The van der Waals surface area contributed by atoms with E-state index in [-0.39, 0.29) is 5.41 Å². The molecule has 1 aliphatic heterocycles. The summed E-state index contributed by atoms with van der Waals surface area (Å²) in [6, 6.07) is 0. The van der Waals surface area contributed by atoms with Gasteiger partial charge in [0.25, 0.3) is 0 Å². The molecule has 0 spiro atoms. The van der Waals surface area contributed by atoms with Crippen LogP contribution < -0.4 is 10.6 Å². The summed E-state index contributed by atoms with van der Waals surface area (Å²) < 4.78 is 0. The SMILES string of the molecule is CCCC1(C(=O)NCC2CCCCC2C)CCNCC1. The van der Waals surface area contributed by atoms with Crippen LogP contribution >= 0.6 is 0 Å². The fourth-order valence-electron chi connectivity index (χ4n) is 4.08. The summed E-state index contributed by atoms with van der Waals surface area (Å²) in [7, 11) is 0. The minimum Gasteiger partial charge on any atom is -0.355 e. The third-order valence-corrected chi connectivity index (χ3v) is 5.58. The van der Waals surface area contributed by atoms with E-state index in [1.54, 1.807) is 0 Å². The minimum atomic E-state index is -0.0854. The van der Waals surface area contributed by atoms with Gasteiger partial charge < -0.3 is 10.6 Å². The maximum Gasteiger partial charge on any atom is 0.226 e. The number of carbonyl (C=O) groups excluding carboxylic acids is 1. The van der Waals surface area contributed by atoms with Gasteiger partial charge in [-0.3, -0.25) is 4.79 Å². The Morgan fingerprint density at radius 3 is 2.60 bits per heavy atom. The summed E-state index contributed by atoms with van der Waals surface area (Å²) in [5.74, 6) is 1.81. The number of rotatable bonds is 5. The molecule has 1 saturated heterocycles. The molecule has 0 bridgehead atoms. The summed E-state index contributed by atoms with van der Waals surface area (Å²) in [4.78, 5) is 12.7. The lowest BCUT2D eigenvalue weighted by molar-refractivity contribution is -0.133. The molecule has 20 heavy (non-hydrogen) atoms. The first-order valence-electron chi connectivity index (χ1n) is 8.67. The number of piperidine rings is 1. The molecule has 3 nitrogen and oxygen atoms in total. The van der Waals surface area contributed by atoms with E-state index in [1.165, 1.54) is 25.7 Å². The molecular formula is C17H32N2O. The Bertz CT molecular complexity index is 305. The van der Waals surface area contributed by atoms with Crippen LogP contribution in [0.25, 0.3) is 0 Å². The average Bonchev–Trinajstić information content (AvgIpc) is 2.47. The van der Waals surface area contributed by atoms with Gasteiger partial charge in [0.2, 0.25) is 5.91 Å². The summed E-state index contributed by atoms with van der Waals surface area (Å²) in [5, 5.41) is 6.70. The van der Waals surface area contributed by atoms with E-state index < -0.39 is 0 Å². The van der Waals surface area contributed by atoms with Crippen molar-refractivity contribution < 1.29 is 4.79 Å². The van der Waals surface area contributed by atoms with Crippen molar-refractivity contribution in [3.05, 3.63) is 0 Å². The van der Waals surface area contributed by atoms with Gasteiger partial charge in [-0.2, -0.15) is 0 Å². The van der Waals surface area contributed by atoms with Crippen LogP contribution in [-0.2, 0) is 4.79 Å². The van der Waals surface area contributed by atoms with Gasteiger partial charge in [0, 0.05) is 6.54 Å². The topological polar surface area (TPSA) is 41.1 Å². The zero-order valence-corrected chi connectivity index (χ0v) is 13.3.